The molecular weight excluding hydrogens is 388 g/mol. The Bertz CT molecular complexity index is 883. The molecule has 27 heavy (non-hydrogen) atoms. The average molecular weight is 411 g/mol. The second kappa shape index (κ2) is 7.56. The summed E-state index contributed by atoms with van der Waals surface area (Å²) >= 11 is 6.28. The van der Waals surface area contributed by atoms with Crippen LogP contribution in [-0.2, 0) is 10.0 Å². The summed E-state index contributed by atoms with van der Waals surface area (Å²) < 4.78 is 25.4. The van der Waals surface area contributed by atoms with Crippen molar-refractivity contribution in [1.82, 2.24) is 10.2 Å². The Morgan fingerprint density at radius 2 is 2.19 bits per heavy atom. The lowest BCUT2D eigenvalue weighted by Gasteiger charge is -2.23. The largest absolute Gasteiger partial charge is 0.347 e. The number of carbonyl (C=O) groups is 1. The zero-order valence-corrected chi connectivity index (χ0v) is 16.9. The molecule has 2 heterocycles. The van der Waals surface area contributed by atoms with Crippen LogP contribution in [0, 0.1) is 11.5 Å². The monoisotopic (exact) mass is 410 g/mol. The summed E-state index contributed by atoms with van der Waals surface area (Å²) in [4.78, 5) is 14.4. The molecule has 1 N–H and O–H groups in total. The number of anilines is 1. The number of rotatable bonds is 4. The highest BCUT2D eigenvalue weighted by atomic mass is 35.5. The lowest BCUT2D eigenvalue weighted by molar-refractivity contribution is 0.0931. The molecule has 2 aliphatic rings. The van der Waals surface area contributed by atoms with Gasteiger partial charge in [0.05, 0.1) is 34.1 Å². The van der Waals surface area contributed by atoms with E-state index in [0.29, 0.717) is 30.6 Å². The van der Waals surface area contributed by atoms with Crippen molar-refractivity contribution in [3.8, 4) is 6.19 Å². The highest BCUT2D eigenvalue weighted by Gasteiger charge is 2.38. The summed E-state index contributed by atoms with van der Waals surface area (Å²) in [6.07, 6.45) is 4.33. The van der Waals surface area contributed by atoms with Crippen LogP contribution >= 0.6 is 11.6 Å². The third kappa shape index (κ3) is 3.71. The maximum Gasteiger partial charge on any atom is 0.253 e. The lowest BCUT2D eigenvalue weighted by Crippen LogP contribution is -2.42. The second-order valence-corrected chi connectivity index (χ2v) is 9.45. The van der Waals surface area contributed by atoms with E-state index in [0.717, 1.165) is 6.42 Å². The first-order valence-electron chi connectivity index (χ1n) is 9.07. The minimum absolute atomic E-state index is 0.0864. The smallest absolute Gasteiger partial charge is 0.253 e. The van der Waals surface area contributed by atoms with Gasteiger partial charge < -0.3 is 10.2 Å². The Kier molecular flexibility index (Phi) is 5.54. The maximum absolute atomic E-state index is 12.7. The van der Waals surface area contributed by atoms with E-state index in [2.05, 4.69) is 11.5 Å². The molecule has 0 unspecified atom stereocenters. The molecule has 1 amide bonds. The topological polar surface area (TPSA) is 93.5 Å². The lowest BCUT2D eigenvalue weighted by atomic mass is 10.1. The predicted molar refractivity (Wildman–Crippen MR) is 104 cm³/mol. The molecule has 3 atom stereocenters. The molecule has 0 radical (unpaired) electrons. The van der Waals surface area contributed by atoms with Crippen molar-refractivity contribution in [2.75, 3.05) is 16.6 Å². The highest BCUT2D eigenvalue weighted by molar-refractivity contribution is 7.93. The quantitative estimate of drug-likeness (QED) is 0.769. The van der Waals surface area contributed by atoms with Crippen LogP contribution in [0.4, 0.5) is 5.69 Å². The number of carbonyl (C=O) groups excluding carboxylic acids is 1. The van der Waals surface area contributed by atoms with Gasteiger partial charge in [-0.1, -0.05) is 18.5 Å². The Hall–Kier alpha value is -1.98. The van der Waals surface area contributed by atoms with Gasteiger partial charge in [0, 0.05) is 12.6 Å². The van der Waals surface area contributed by atoms with Gasteiger partial charge in [-0.15, -0.1) is 0 Å². The van der Waals surface area contributed by atoms with Gasteiger partial charge in [0.2, 0.25) is 10.0 Å². The fraction of sp³-hybridized carbons (Fsp3) is 0.556. The van der Waals surface area contributed by atoms with E-state index in [1.807, 2.05) is 13.8 Å². The first-order chi connectivity index (χ1) is 12.8. The molecule has 0 bridgehead atoms. The van der Waals surface area contributed by atoms with Crippen LogP contribution in [0.2, 0.25) is 5.02 Å². The van der Waals surface area contributed by atoms with Crippen LogP contribution in [0.3, 0.4) is 0 Å². The van der Waals surface area contributed by atoms with Crippen LogP contribution in [0.15, 0.2) is 18.2 Å². The van der Waals surface area contributed by atoms with Crippen LogP contribution in [-0.4, -0.2) is 49.6 Å². The Morgan fingerprint density at radius 3 is 2.70 bits per heavy atom. The molecular formula is C18H23ClN4O3S. The van der Waals surface area contributed by atoms with Crippen LogP contribution < -0.4 is 9.62 Å². The molecule has 146 valence electrons. The Labute approximate surface area is 164 Å². The summed E-state index contributed by atoms with van der Waals surface area (Å²) in [5, 5.41) is 12.5. The Morgan fingerprint density at radius 1 is 1.44 bits per heavy atom. The molecule has 9 heteroatoms. The van der Waals surface area contributed by atoms with Crippen molar-refractivity contribution in [3.05, 3.63) is 28.8 Å². The van der Waals surface area contributed by atoms with Gasteiger partial charge in [-0.25, -0.2) is 8.42 Å². The summed E-state index contributed by atoms with van der Waals surface area (Å²) in [5.74, 6) is -0.192. The number of amides is 1. The molecule has 7 nitrogen and oxygen atoms in total. The van der Waals surface area contributed by atoms with Gasteiger partial charge in [-0.3, -0.25) is 9.10 Å². The Balaban J connectivity index is 1.75. The molecule has 0 saturated carbocycles. The normalized spacial score (nSPS) is 26.8. The van der Waals surface area contributed by atoms with Crippen molar-refractivity contribution in [2.45, 2.75) is 51.2 Å². The number of nitriles is 1. The average Bonchev–Trinajstić information content (AvgIpc) is 3.13. The fourth-order valence-corrected chi connectivity index (χ4v) is 5.68. The van der Waals surface area contributed by atoms with Crippen molar-refractivity contribution in [1.29, 1.82) is 5.26 Å². The van der Waals surface area contributed by atoms with Gasteiger partial charge in [-0.05, 0) is 44.4 Å². The molecule has 1 aromatic rings. The molecule has 1 aromatic carbocycles. The maximum atomic E-state index is 12.7. The van der Waals surface area contributed by atoms with Crippen molar-refractivity contribution < 1.29 is 13.2 Å². The zero-order valence-electron chi connectivity index (χ0n) is 15.4. The van der Waals surface area contributed by atoms with Gasteiger partial charge in [-0.2, -0.15) is 5.26 Å². The number of benzene rings is 1. The summed E-state index contributed by atoms with van der Waals surface area (Å²) in [5.41, 5.74) is 0.776. The minimum Gasteiger partial charge on any atom is -0.347 e. The number of sulfonamides is 1. The summed E-state index contributed by atoms with van der Waals surface area (Å²) in [7, 11) is -3.30. The second-order valence-electron chi connectivity index (χ2n) is 7.03. The molecule has 0 spiro atoms. The third-order valence-electron chi connectivity index (χ3n) is 5.43. The molecule has 0 aromatic heterocycles. The van der Waals surface area contributed by atoms with Gasteiger partial charge in [0.15, 0.2) is 6.19 Å². The SMILES string of the molecule is CC[C@H]1C[C@@H](NC(=O)c2ccc(N3CCCS3(=O)=O)cc2Cl)[C@@H](C)N1C#N. The third-order valence-corrected chi connectivity index (χ3v) is 7.61. The highest BCUT2D eigenvalue weighted by Crippen LogP contribution is 2.30. The number of nitrogens with one attached hydrogen (secondary N) is 1. The first kappa shape index (κ1) is 19.8. The number of hydrogen-bond acceptors (Lipinski definition) is 5. The van der Waals surface area contributed by atoms with Gasteiger partial charge >= 0.3 is 0 Å². The van der Waals surface area contributed by atoms with Crippen LogP contribution in [0.25, 0.3) is 0 Å². The van der Waals surface area contributed by atoms with E-state index in [1.165, 1.54) is 10.4 Å². The van der Waals surface area contributed by atoms with Crippen LogP contribution in [0.1, 0.15) is 43.5 Å². The number of hydrogen-bond donors (Lipinski definition) is 1. The molecule has 2 saturated heterocycles. The summed E-state index contributed by atoms with van der Waals surface area (Å²) in [6, 6.07) is 4.58. The number of nitrogens with zero attached hydrogens (tertiary/aromatic N) is 3. The van der Waals surface area contributed by atoms with E-state index < -0.39 is 10.0 Å². The zero-order chi connectivity index (χ0) is 19.8. The predicted octanol–water partition coefficient (Wildman–Crippen LogP) is 2.33. The van der Waals surface area contributed by atoms with E-state index in [4.69, 9.17) is 11.6 Å². The first-order valence-corrected chi connectivity index (χ1v) is 11.1. The van der Waals surface area contributed by atoms with Crippen molar-refractivity contribution >= 4 is 33.2 Å². The fourth-order valence-electron chi connectivity index (χ4n) is 3.86. The molecule has 2 fully saturated rings. The standard InChI is InChI=1S/C18H23ClN4O3S/c1-3-13-10-17(12(2)22(13)11-20)21-18(24)15-6-5-14(9-16(15)19)23-7-4-8-27(23,25)26/h5-6,9,12-13,17H,3-4,7-8,10H2,1-2H3,(H,21,24)/t12-,13+,17-/m1/s1. The van der Waals surface area contributed by atoms with Gasteiger partial charge in [0.25, 0.3) is 5.91 Å². The van der Waals surface area contributed by atoms with E-state index in [1.54, 1.807) is 17.0 Å². The number of halogens is 1. The van der Waals surface area contributed by atoms with Crippen LogP contribution in [0.5, 0.6) is 0 Å². The minimum atomic E-state index is -3.30. The molecule has 0 aliphatic carbocycles. The van der Waals surface area contributed by atoms with E-state index in [-0.39, 0.29) is 34.8 Å². The molecule has 3 rings (SSSR count). The van der Waals surface area contributed by atoms with Crippen molar-refractivity contribution in [3.63, 3.8) is 0 Å². The van der Waals surface area contributed by atoms with Crippen molar-refractivity contribution in [2.24, 2.45) is 0 Å². The summed E-state index contributed by atoms with van der Waals surface area (Å²) in [6.45, 7) is 4.37. The van der Waals surface area contributed by atoms with E-state index >= 15 is 0 Å². The van der Waals surface area contributed by atoms with E-state index in [9.17, 15) is 18.5 Å². The van der Waals surface area contributed by atoms with Gasteiger partial charge in [0.1, 0.15) is 0 Å². The number of likely N-dealkylation sites (tertiary alicyclic amines) is 1. The molecule has 2 aliphatic heterocycles.